The van der Waals surface area contributed by atoms with Crippen molar-refractivity contribution in [1.82, 2.24) is 15.1 Å². The summed E-state index contributed by atoms with van der Waals surface area (Å²) in [6, 6.07) is 8.78. The van der Waals surface area contributed by atoms with Gasteiger partial charge in [0.15, 0.2) is 0 Å². The maximum atomic E-state index is 12.5. The molecule has 1 aromatic carbocycles. The van der Waals surface area contributed by atoms with Gasteiger partial charge in [0, 0.05) is 24.8 Å². The van der Waals surface area contributed by atoms with Crippen molar-refractivity contribution < 1.29 is 22.4 Å². The second kappa shape index (κ2) is 5.71. The minimum atomic E-state index is -4.42. The number of nitrogens with zero attached hydrogens (tertiary/aromatic N) is 3. The molecule has 0 aliphatic heterocycles. The lowest BCUT2D eigenvalue weighted by atomic mass is 10.2. The highest BCUT2D eigenvalue weighted by Gasteiger charge is 2.30. The Morgan fingerprint density at radius 3 is 2.30 bits per heavy atom. The molecule has 3 aromatic rings. The normalized spacial score (nSPS) is 11.5. The first-order chi connectivity index (χ1) is 10.9. The van der Waals surface area contributed by atoms with Crippen LogP contribution in [0.15, 0.2) is 47.1 Å². The van der Waals surface area contributed by atoms with Crippen LogP contribution < -0.4 is 4.74 Å². The zero-order valence-electron chi connectivity index (χ0n) is 11.8. The first-order valence-electron chi connectivity index (χ1n) is 6.54. The first-order valence-corrected chi connectivity index (χ1v) is 6.54. The maximum Gasteiger partial charge on any atom is 0.417 e. The summed E-state index contributed by atoms with van der Waals surface area (Å²) in [5, 5.41) is 3.79. The molecule has 0 fully saturated rings. The number of aromatic nitrogens is 3. The summed E-state index contributed by atoms with van der Waals surface area (Å²) in [5.74, 6) is 1.40. The molecule has 0 aliphatic carbocycles. The molecule has 0 saturated heterocycles. The Kier molecular flexibility index (Phi) is 3.73. The number of hydrogen-bond donors (Lipinski definition) is 0. The fourth-order valence-electron chi connectivity index (χ4n) is 1.82. The molecule has 0 N–H and O–H groups in total. The van der Waals surface area contributed by atoms with E-state index >= 15 is 0 Å². The van der Waals surface area contributed by atoms with Crippen LogP contribution in [0.5, 0.6) is 11.6 Å². The second-order valence-corrected chi connectivity index (χ2v) is 4.65. The van der Waals surface area contributed by atoms with E-state index in [4.69, 9.17) is 9.26 Å². The van der Waals surface area contributed by atoms with E-state index in [1.807, 2.05) is 0 Å². The van der Waals surface area contributed by atoms with Crippen LogP contribution in [0.25, 0.3) is 11.4 Å². The standard InChI is InChI=1S/C15H10F3N3O2/c1-9-20-14(21-23-9)10-2-5-12(6-3-10)22-13-7-4-11(8-19-13)15(16,17)18/h2-8H,1H3. The van der Waals surface area contributed by atoms with Gasteiger partial charge in [-0.15, -0.1) is 0 Å². The third-order valence-electron chi connectivity index (χ3n) is 2.93. The lowest BCUT2D eigenvalue weighted by molar-refractivity contribution is -0.137. The lowest BCUT2D eigenvalue weighted by Crippen LogP contribution is -2.05. The van der Waals surface area contributed by atoms with Crippen LogP contribution in [0.2, 0.25) is 0 Å². The topological polar surface area (TPSA) is 61.0 Å². The molecular weight excluding hydrogens is 311 g/mol. The highest BCUT2D eigenvalue weighted by atomic mass is 19.4. The van der Waals surface area contributed by atoms with Gasteiger partial charge < -0.3 is 9.26 Å². The van der Waals surface area contributed by atoms with E-state index < -0.39 is 11.7 Å². The molecule has 0 amide bonds. The van der Waals surface area contributed by atoms with Crippen molar-refractivity contribution in [3.63, 3.8) is 0 Å². The number of ether oxygens (including phenoxy) is 1. The predicted octanol–water partition coefficient (Wildman–Crippen LogP) is 4.25. The summed E-state index contributed by atoms with van der Waals surface area (Å²) >= 11 is 0. The van der Waals surface area contributed by atoms with Crippen molar-refractivity contribution in [3.05, 3.63) is 54.0 Å². The third-order valence-corrected chi connectivity index (χ3v) is 2.93. The summed E-state index contributed by atoms with van der Waals surface area (Å²) in [6.45, 7) is 1.68. The van der Waals surface area contributed by atoms with E-state index in [-0.39, 0.29) is 5.88 Å². The number of halogens is 3. The Balaban J connectivity index is 1.73. The molecule has 23 heavy (non-hydrogen) atoms. The zero-order chi connectivity index (χ0) is 16.4. The summed E-state index contributed by atoms with van der Waals surface area (Å²) in [6.07, 6.45) is -3.69. The number of pyridine rings is 1. The van der Waals surface area contributed by atoms with Gasteiger partial charge in [-0.05, 0) is 30.3 Å². The first kappa shape index (κ1) is 15.0. The number of rotatable bonds is 3. The summed E-state index contributed by atoms with van der Waals surface area (Å²) in [5.41, 5.74) is -0.0951. The molecule has 8 heteroatoms. The molecule has 2 aromatic heterocycles. The molecule has 2 heterocycles. The highest BCUT2D eigenvalue weighted by molar-refractivity contribution is 5.55. The Morgan fingerprint density at radius 2 is 1.78 bits per heavy atom. The quantitative estimate of drug-likeness (QED) is 0.721. The smallest absolute Gasteiger partial charge is 0.417 e. The third kappa shape index (κ3) is 3.47. The Hall–Kier alpha value is -2.90. The van der Waals surface area contributed by atoms with Gasteiger partial charge in [0.05, 0.1) is 5.56 Å². The van der Waals surface area contributed by atoms with Crippen LogP contribution in [-0.2, 0) is 6.18 Å². The van der Waals surface area contributed by atoms with Crippen molar-refractivity contribution in [2.24, 2.45) is 0 Å². The molecule has 0 spiro atoms. The van der Waals surface area contributed by atoms with Crippen LogP contribution in [0.1, 0.15) is 11.5 Å². The molecule has 118 valence electrons. The minimum absolute atomic E-state index is 0.0705. The molecule has 0 saturated carbocycles. The number of aryl methyl sites for hydroxylation is 1. The highest BCUT2D eigenvalue weighted by Crippen LogP contribution is 2.30. The van der Waals surface area contributed by atoms with Gasteiger partial charge in [0.2, 0.25) is 17.6 Å². The van der Waals surface area contributed by atoms with E-state index in [1.54, 1.807) is 31.2 Å². The van der Waals surface area contributed by atoms with Gasteiger partial charge in [-0.25, -0.2) is 4.98 Å². The van der Waals surface area contributed by atoms with E-state index in [2.05, 4.69) is 15.1 Å². The van der Waals surface area contributed by atoms with Gasteiger partial charge in [-0.3, -0.25) is 0 Å². The fourth-order valence-corrected chi connectivity index (χ4v) is 1.82. The molecule has 0 atom stereocenters. The van der Waals surface area contributed by atoms with Gasteiger partial charge in [0.1, 0.15) is 5.75 Å². The van der Waals surface area contributed by atoms with Gasteiger partial charge in [-0.1, -0.05) is 5.16 Å². The van der Waals surface area contributed by atoms with Gasteiger partial charge >= 0.3 is 6.18 Å². The maximum absolute atomic E-state index is 12.5. The molecule has 0 aliphatic rings. The van der Waals surface area contributed by atoms with Crippen molar-refractivity contribution in [1.29, 1.82) is 0 Å². The summed E-state index contributed by atoms with van der Waals surface area (Å²) < 4.78 is 47.6. The SMILES string of the molecule is Cc1nc(-c2ccc(Oc3ccc(C(F)(F)F)cn3)cc2)no1. The molecular formula is C15H10F3N3O2. The van der Waals surface area contributed by atoms with E-state index in [0.717, 1.165) is 17.8 Å². The van der Waals surface area contributed by atoms with Crippen molar-refractivity contribution >= 4 is 0 Å². The van der Waals surface area contributed by atoms with Crippen molar-refractivity contribution in [2.45, 2.75) is 13.1 Å². The Bertz CT molecular complexity index is 796. The predicted molar refractivity (Wildman–Crippen MR) is 73.8 cm³/mol. The number of hydrogen-bond acceptors (Lipinski definition) is 5. The number of alkyl halides is 3. The van der Waals surface area contributed by atoms with Crippen molar-refractivity contribution in [2.75, 3.05) is 0 Å². The van der Waals surface area contributed by atoms with E-state index in [9.17, 15) is 13.2 Å². The zero-order valence-corrected chi connectivity index (χ0v) is 11.8. The lowest BCUT2D eigenvalue weighted by Gasteiger charge is -2.08. The van der Waals surface area contributed by atoms with Gasteiger partial charge in [0.25, 0.3) is 0 Å². The Morgan fingerprint density at radius 1 is 1.04 bits per heavy atom. The average Bonchev–Trinajstić information content (AvgIpc) is 2.94. The number of benzene rings is 1. The molecule has 5 nitrogen and oxygen atoms in total. The average molecular weight is 321 g/mol. The summed E-state index contributed by atoms with van der Waals surface area (Å²) in [7, 11) is 0. The van der Waals surface area contributed by atoms with Crippen LogP contribution in [-0.4, -0.2) is 15.1 Å². The monoisotopic (exact) mass is 321 g/mol. The van der Waals surface area contributed by atoms with E-state index in [0.29, 0.717) is 17.5 Å². The molecule has 0 unspecified atom stereocenters. The van der Waals surface area contributed by atoms with Crippen LogP contribution in [0.4, 0.5) is 13.2 Å². The Labute approximate surface area is 128 Å². The van der Waals surface area contributed by atoms with Crippen molar-refractivity contribution in [3.8, 4) is 23.0 Å². The largest absolute Gasteiger partial charge is 0.439 e. The van der Waals surface area contributed by atoms with Crippen LogP contribution in [0, 0.1) is 6.92 Å². The molecule has 0 radical (unpaired) electrons. The molecule has 0 bridgehead atoms. The van der Waals surface area contributed by atoms with Gasteiger partial charge in [-0.2, -0.15) is 18.2 Å². The van der Waals surface area contributed by atoms with Crippen LogP contribution >= 0.6 is 0 Å². The molecule has 3 rings (SSSR count). The fraction of sp³-hybridized carbons (Fsp3) is 0.133. The van der Waals surface area contributed by atoms with E-state index in [1.165, 1.54) is 6.07 Å². The summed E-state index contributed by atoms with van der Waals surface area (Å²) in [4.78, 5) is 7.73. The minimum Gasteiger partial charge on any atom is -0.439 e. The second-order valence-electron chi connectivity index (χ2n) is 4.65. The van der Waals surface area contributed by atoms with Crippen LogP contribution in [0.3, 0.4) is 0 Å².